The van der Waals surface area contributed by atoms with Crippen LogP contribution in [0.15, 0.2) is 22.7 Å². The molecule has 0 saturated heterocycles. The number of nitrogen functional groups attached to an aromatic ring is 1. The van der Waals surface area contributed by atoms with Crippen LogP contribution in [0, 0.1) is 12.3 Å². The van der Waals surface area contributed by atoms with Gasteiger partial charge in [0.1, 0.15) is 17.4 Å². The van der Waals surface area contributed by atoms with Crippen molar-refractivity contribution in [2.24, 2.45) is 5.73 Å². The Balaban J connectivity index is 2.11. The third kappa shape index (κ3) is 3.01. The molecular weight excluding hydrogens is 254 g/mol. The summed E-state index contributed by atoms with van der Waals surface area (Å²) in [5.41, 5.74) is 6.96. The van der Waals surface area contributed by atoms with Crippen LogP contribution in [0.4, 0.5) is 0 Å². The second-order valence-electron chi connectivity index (χ2n) is 3.32. The Morgan fingerprint density at radius 1 is 1.59 bits per heavy atom. The summed E-state index contributed by atoms with van der Waals surface area (Å²) in [4.78, 5) is 8.37. The average Bonchev–Trinajstić information content (AvgIpc) is 2.73. The van der Waals surface area contributed by atoms with E-state index in [1.165, 1.54) is 11.5 Å². The minimum absolute atomic E-state index is 0.00496. The van der Waals surface area contributed by atoms with Gasteiger partial charge in [-0.25, -0.2) is 4.98 Å². The van der Waals surface area contributed by atoms with Crippen molar-refractivity contribution in [3.63, 3.8) is 0 Å². The van der Waals surface area contributed by atoms with E-state index in [1.54, 1.807) is 18.0 Å². The van der Waals surface area contributed by atoms with Gasteiger partial charge in [0.25, 0.3) is 0 Å². The van der Waals surface area contributed by atoms with Gasteiger partial charge >= 0.3 is 0 Å². The van der Waals surface area contributed by atoms with Crippen molar-refractivity contribution in [2.45, 2.75) is 17.0 Å². The zero-order valence-corrected chi connectivity index (χ0v) is 10.8. The lowest BCUT2D eigenvalue weighted by molar-refractivity contribution is 1.10. The summed E-state index contributed by atoms with van der Waals surface area (Å²) < 4.78 is 5.03. The molecule has 7 heteroatoms. The predicted molar refractivity (Wildman–Crippen MR) is 69.5 cm³/mol. The number of aromatic nitrogens is 3. The molecule has 2 aromatic heterocycles. The number of hydrogen-bond acceptors (Lipinski definition) is 6. The largest absolute Gasteiger partial charge is 0.382 e. The van der Waals surface area contributed by atoms with Gasteiger partial charge in [0.05, 0.1) is 0 Å². The molecule has 2 rings (SSSR count). The highest BCUT2D eigenvalue weighted by Crippen LogP contribution is 2.24. The number of rotatable bonds is 4. The molecule has 0 fully saturated rings. The maximum absolute atomic E-state index is 7.44. The Morgan fingerprint density at radius 2 is 2.41 bits per heavy atom. The Bertz CT molecular complexity index is 537. The Kier molecular flexibility index (Phi) is 3.70. The lowest BCUT2D eigenvalue weighted by Gasteiger charge is -2.04. The molecule has 0 aromatic carbocycles. The van der Waals surface area contributed by atoms with E-state index in [1.807, 2.05) is 19.1 Å². The maximum atomic E-state index is 7.44. The number of aryl methyl sites for hydroxylation is 1. The Morgan fingerprint density at radius 3 is 3.06 bits per heavy atom. The normalized spacial score (nSPS) is 10.4. The highest BCUT2D eigenvalue weighted by Gasteiger charge is 2.08. The summed E-state index contributed by atoms with van der Waals surface area (Å²) in [5, 5.41) is 7.44. The fraction of sp³-hybridized carbons (Fsp3) is 0.200. The van der Waals surface area contributed by atoms with Crippen LogP contribution >= 0.6 is 23.3 Å². The molecule has 17 heavy (non-hydrogen) atoms. The van der Waals surface area contributed by atoms with E-state index in [0.29, 0.717) is 11.4 Å². The lowest BCUT2D eigenvalue weighted by Crippen LogP contribution is -2.15. The highest BCUT2D eigenvalue weighted by molar-refractivity contribution is 8.00. The first-order chi connectivity index (χ1) is 8.16. The predicted octanol–water partition coefficient (Wildman–Crippen LogP) is 1.82. The van der Waals surface area contributed by atoms with Gasteiger partial charge in [0, 0.05) is 11.9 Å². The molecule has 2 heterocycles. The number of nitrogens with two attached hydrogens (primary N) is 1. The van der Waals surface area contributed by atoms with Crippen LogP contribution in [0.2, 0.25) is 0 Å². The fourth-order valence-corrected chi connectivity index (χ4v) is 2.91. The quantitative estimate of drug-likeness (QED) is 0.500. The summed E-state index contributed by atoms with van der Waals surface area (Å²) in [6, 6.07) is 3.76. The summed E-state index contributed by atoms with van der Waals surface area (Å²) in [6.07, 6.45) is 1.64. The summed E-state index contributed by atoms with van der Waals surface area (Å²) >= 11 is 2.96. The fourth-order valence-electron chi connectivity index (χ4n) is 1.27. The molecule has 0 aliphatic heterocycles. The topological polar surface area (TPSA) is 88.5 Å². The molecule has 0 saturated carbocycles. The molecular formula is C10H11N5S2. The molecule has 5 nitrogen and oxygen atoms in total. The number of thioether (sulfide) groups is 1. The third-order valence-electron chi connectivity index (χ3n) is 2.01. The van der Waals surface area contributed by atoms with Gasteiger partial charge in [-0.2, -0.15) is 4.37 Å². The first-order valence-electron chi connectivity index (χ1n) is 4.88. The Hall–Kier alpha value is -1.47. The van der Waals surface area contributed by atoms with E-state index >= 15 is 0 Å². The van der Waals surface area contributed by atoms with Gasteiger partial charge in [-0.15, -0.1) is 0 Å². The average molecular weight is 265 g/mol. The molecule has 0 aliphatic rings. The van der Waals surface area contributed by atoms with E-state index in [0.717, 1.165) is 15.7 Å². The first-order valence-corrected chi connectivity index (χ1v) is 6.64. The second kappa shape index (κ2) is 5.24. The molecule has 3 N–H and O–H groups in total. The molecule has 0 unspecified atom stereocenters. The molecule has 0 aliphatic carbocycles. The highest BCUT2D eigenvalue weighted by atomic mass is 32.2. The van der Waals surface area contributed by atoms with Crippen molar-refractivity contribution in [3.8, 4) is 0 Å². The van der Waals surface area contributed by atoms with Gasteiger partial charge in [-0.1, -0.05) is 17.8 Å². The van der Waals surface area contributed by atoms with Crippen molar-refractivity contribution >= 4 is 29.1 Å². The number of amidine groups is 1. The van der Waals surface area contributed by atoms with E-state index in [2.05, 4.69) is 14.3 Å². The number of nitrogens with one attached hydrogen (secondary N) is 1. The van der Waals surface area contributed by atoms with Crippen LogP contribution in [-0.4, -0.2) is 20.2 Å². The molecule has 0 spiro atoms. The minimum atomic E-state index is -0.00496. The number of nitrogens with zero attached hydrogens (tertiary/aromatic N) is 3. The molecule has 2 aromatic rings. The summed E-state index contributed by atoms with van der Waals surface area (Å²) in [7, 11) is 0. The van der Waals surface area contributed by atoms with Crippen molar-refractivity contribution < 1.29 is 0 Å². The zero-order valence-electron chi connectivity index (χ0n) is 9.17. The van der Waals surface area contributed by atoms with Gasteiger partial charge < -0.3 is 5.73 Å². The second-order valence-corrected chi connectivity index (χ2v) is 5.30. The van der Waals surface area contributed by atoms with Crippen molar-refractivity contribution in [1.82, 2.24) is 14.3 Å². The molecule has 88 valence electrons. The lowest BCUT2D eigenvalue weighted by atomic mass is 10.2. The Labute approximate surface area is 107 Å². The molecule has 0 atom stereocenters. The van der Waals surface area contributed by atoms with Crippen LogP contribution in [0.25, 0.3) is 0 Å². The van der Waals surface area contributed by atoms with Crippen molar-refractivity contribution in [2.75, 3.05) is 0 Å². The number of hydrogen-bond donors (Lipinski definition) is 2. The van der Waals surface area contributed by atoms with Gasteiger partial charge in [-0.3, -0.25) is 10.4 Å². The molecule has 0 radical (unpaired) electrons. The van der Waals surface area contributed by atoms with Gasteiger partial charge in [-0.05, 0) is 30.1 Å². The van der Waals surface area contributed by atoms with Crippen LogP contribution in [0.5, 0.6) is 0 Å². The standard InChI is InChI=1S/C10H11N5S2/c1-6-14-10(17-15-6)16-5-7-3-2-4-13-8(7)9(11)12/h2-4H,5H2,1H3,(H3,11,12). The first kappa shape index (κ1) is 12.0. The minimum Gasteiger partial charge on any atom is -0.382 e. The van der Waals surface area contributed by atoms with E-state index in [-0.39, 0.29) is 5.84 Å². The SMILES string of the molecule is Cc1nsc(SCc2cccnc2C(=N)N)n1. The van der Waals surface area contributed by atoms with E-state index in [4.69, 9.17) is 11.1 Å². The monoisotopic (exact) mass is 265 g/mol. The van der Waals surface area contributed by atoms with Gasteiger partial charge in [0.15, 0.2) is 4.34 Å². The smallest absolute Gasteiger partial charge is 0.170 e. The van der Waals surface area contributed by atoms with E-state index in [9.17, 15) is 0 Å². The van der Waals surface area contributed by atoms with E-state index < -0.39 is 0 Å². The van der Waals surface area contributed by atoms with Crippen LogP contribution in [-0.2, 0) is 5.75 Å². The van der Waals surface area contributed by atoms with Gasteiger partial charge in [0.2, 0.25) is 0 Å². The van der Waals surface area contributed by atoms with Crippen LogP contribution < -0.4 is 5.73 Å². The maximum Gasteiger partial charge on any atom is 0.170 e. The molecule has 0 amide bonds. The third-order valence-corrected chi connectivity index (χ3v) is 3.98. The summed E-state index contributed by atoms with van der Waals surface area (Å²) in [5.74, 6) is 1.47. The molecule has 0 bridgehead atoms. The summed E-state index contributed by atoms with van der Waals surface area (Å²) in [6.45, 7) is 1.87. The zero-order chi connectivity index (χ0) is 12.3. The van der Waals surface area contributed by atoms with Crippen LogP contribution in [0.1, 0.15) is 17.1 Å². The number of pyridine rings is 1. The van der Waals surface area contributed by atoms with Crippen molar-refractivity contribution in [3.05, 3.63) is 35.4 Å². The van der Waals surface area contributed by atoms with Crippen LogP contribution in [0.3, 0.4) is 0 Å². The van der Waals surface area contributed by atoms with Crippen molar-refractivity contribution in [1.29, 1.82) is 5.41 Å².